The lowest BCUT2D eigenvalue weighted by molar-refractivity contribution is -0.133. The Labute approximate surface area is 193 Å². The molecule has 2 aromatic rings. The number of amides is 1. The highest BCUT2D eigenvalue weighted by atomic mass is 35.5. The van der Waals surface area contributed by atoms with Crippen molar-refractivity contribution in [3.8, 4) is 11.8 Å². The van der Waals surface area contributed by atoms with Gasteiger partial charge in [0.2, 0.25) is 15.9 Å². The number of rotatable bonds is 8. The van der Waals surface area contributed by atoms with Gasteiger partial charge < -0.3 is 9.64 Å². The number of ether oxygens (including phenoxy) is 1. The molecule has 0 spiro atoms. The minimum Gasteiger partial charge on any atom is -0.492 e. The molecule has 1 amide bonds. The first-order valence-electron chi connectivity index (χ1n) is 10.2. The summed E-state index contributed by atoms with van der Waals surface area (Å²) < 4.78 is 32.8. The molecule has 1 aliphatic rings. The average molecular weight is 477 g/mol. The first-order valence-corrected chi connectivity index (χ1v) is 12.0. The molecule has 170 valence electrons. The Morgan fingerprint density at radius 3 is 2.44 bits per heavy atom. The molecule has 0 unspecified atom stereocenters. The second kappa shape index (κ2) is 10.8. The van der Waals surface area contributed by atoms with Crippen LogP contribution < -0.4 is 4.74 Å². The molecule has 0 atom stereocenters. The van der Waals surface area contributed by atoms with Crippen LogP contribution in [0, 0.1) is 11.3 Å². The summed E-state index contributed by atoms with van der Waals surface area (Å²) in [6.07, 6.45) is 0. The predicted molar refractivity (Wildman–Crippen MR) is 121 cm³/mol. The van der Waals surface area contributed by atoms with Crippen molar-refractivity contribution < 1.29 is 17.9 Å². The van der Waals surface area contributed by atoms with Gasteiger partial charge in [-0.2, -0.15) is 9.57 Å². The summed E-state index contributed by atoms with van der Waals surface area (Å²) in [5.74, 6) is 0.651. The molecule has 3 rings (SSSR count). The van der Waals surface area contributed by atoms with E-state index in [9.17, 15) is 18.5 Å². The van der Waals surface area contributed by atoms with Crippen LogP contribution in [0.15, 0.2) is 53.4 Å². The van der Waals surface area contributed by atoms with E-state index in [-0.39, 0.29) is 36.0 Å². The number of piperazine rings is 1. The molecular weight excluding hydrogens is 452 g/mol. The fourth-order valence-electron chi connectivity index (χ4n) is 3.36. The first kappa shape index (κ1) is 24.0. The lowest BCUT2D eigenvalue weighted by Gasteiger charge is -2.34. The zero-order chi connectivity index (χ0) is 23.1. The Morgan fingerprint density at radius 1 is 1.12 bits per heavy atom. The van der Waals surface area contributed by atoms with E-state index in [1.54, 1.807) is 41.3 Å². The van der Waals surface area contributed by atoms with Gasteiger partial charge >= 0.3 is 0 Å². The summed E-state index contributed by atoms with van der Waals surface area (Å²) in [5.41, 5.74) is 0.119. The maximum atomic E-state index is 12.9. The standard InChI is InChI=1S/C22H25ClN4O4S/c1-25(14-15-31-20-8-6-19(23)7-9-20)17-22(28)26-10-12-27(13-11-26)32(29,30)21-5-3-2-4-18(21)16-24/h2-9H,10-15,17H2,1H3. The van der Waals surface area contributed by atoms with E-state index in [0.29, 0.717) is 37.0 Å². The molecule has 0 N–H and O–H groups in total. The summed E-state index contributed by atoms with van der Waals surface area (Å²) in [7, 11) is -1.94. The molecule has 10 heteroatoms. The number of nitrogens with zero attached hydrogens (tertiary/aromatic N) is 4. The molecule has 8 nitrogen and oxygen atoms in total. The number of nitriles is 1. The number of hydrogen-bond donors (Lipinski definition) is 0. The van der Waals surface area contributed by atoms with Crippen LogP contribution in [0.1, 0.15) is 5.56 Å². The van der Waals surface area contributed by atoms with Crippen LogP contribution in [-0.2, 0) is 14.8 Å². The third kappa shape index (κ3) is 5.99. The van der Waals surface area contributed by atoms with E-state index in [4.69, 9.17) is 16.3 Å². The van der Waals surface area contributed by atoms with Gasteiger partial charge in [-0.05, 0) is 43.4 Å². The third-order valence-corrected chi connectivity index (χ3v) is 7.39. The molecule has 0 saturated carbocycles. The van der Waals surface area contributed by atoms with E-state index >= 15 is 0 Å². The molecule has 0 radical (unpaired) electrons. The second-order valence-corrected chi connectivity index (χ2v) is 9.78. The fourth-order valence-corrected chi connectivity index (χ4v) is 5.05. The van der Waals surface area contributed by atoms with Crippen molar-refractivity contribution in [3.63, 3.8) is 0 Å². The van der Waals surface area contributed by atoms with Gasteiger partial charge in [-0.15, -0.1) is 0 Å². The Morgan fingerprint density at radius 2 is 1.78 bits per heavy atom. The van der Waals surface area contributed by atoms with Gasteiger partial charge in [-0.3, -0.25) is 9.69 Å². The number of hydrogen-bond acceptors (Lipinski definition) is 6. The highest BCUT2D eigenvalue weighted by molar-refractivity contribution is 7.89. The monoisotopic (exact) mass is 476 g/mol. The topological polar surface area (TPSA) is 93.9 Å². The Bertz CT molecular complexity index is 1080. The van der Waals surface area contributed by atoms with Gasteiger partial charge in [0.25, 0.3) is 0 Å². The highest BCUT2D eigenvalue weighted by Gasteiger charge is 2.31. The van der Waals surface area contributed by atoms with Crippen molar-refractivity contribution in [1.29, 1.82) is 5.26 Å². The molecule has 0 bridgehead atoms. The maximum absolute atomic E-state index is 12.9. The van der Waals surface area contributed by atoms with Gasteiger partial charge in [0.1, 0.15) is 18.4 Å². The lowest BCUT2D eigenvalue weighted by atomic mass is 10.2. The van der Waals surface area contributed by atoms with Gasteiger partial charge in [-0.1, -0.05) is 23.7 Å². The molecule has 0 aromatic heterocycles. The van der Waals surface area contributed by atoms with Crippen molar-refractivity contribution in [2.75, 3.05) is 52.9 Å². The number of carbonyl (C=O) groups excluding carboxylic acids is 1. The van der Waals surface area contributed by atoms with Crippen molar-refractivity contribution in [3.05, 3.63) is 59.1 Å². The largest absolute Gasteiger partial charge is 0.492 e. The number of benzene rings is 2. The quantitative estimate of drug-likeness (QED) is 0.579. The summed E-state index contributed by atoms with van der Waals surface area (Å²) in [5, 5.41) is 9.85. The van der Waals surface area contributed by atoms with Crippen LogP contribution in [-0.4, -0.2) is 81.4 Å². The molecule has 1 heterocycles. The van der Waals surface area contributed by atoms with Gasteiger partial charge in [0, 0.05) is 37.7 Å². The normalized spacial score (nSPS) is 14.9. The Hall–Kier alpha value is -2.64. The molecule has 0 aliphatic carbocycles. The minimum absolute atomic E-state index is 0.00250. The molecule has 32 heavy (non-hydrogen) atoms. The first-order chi connectivity index (χ1) is 15.3. The Balaban J connectivity index is 1.46. The van der Waals surface area contributed by atoms with Crippen molar-refractivity contribution >= 4 is 27.5 Å². The number of carbonyl (C=O) groups is 1. The summed E-state index contributed by atoms with van der Waals surface area (Å²) in [6.45, 7) is 2.20. The van der Waals surface area contributed by atoms with Crippen molar-refractivity contribution in [2.45, 2.75) is 4.90 Å². The van der Waals surface area contributed by atoms with Crippen LogP contribution in [0.5, 0.6) is 5.75 Å². The zero-order valence-corrected chi connectivity index (χ0v) is 19.3. The summed E-state index contributed by atoms with van der Waals surface area (Å²) in [6, 6.07) is 15.2. The minimum atomic E-state index is -3.78. The van der Waals surface area contributed by atoms with E-state index in [1.807, 2.05) is 18.0 Å². The smallest absolute Gasteiger partial charge is 0.244 e. The molecule has 2 aromatic carbocycles. The van der Waals surface area contributed by atoms with Crippen molar-refractivity contribution in [2.24, 2.45) is 0 Å². The number of sulfonamides is 1. The highest BCUT2D eigenvalue weighted by Crippen LogP contribution is 2.21. The summed E-state index contributed by atoms with van der Waals surface area (Å²) >= 11 is 5.85. The van der Waals surface area contributed by atoms with E-state index in [2.05, 4.69) is 0 Å². The predicted octanol–water partition coefficient (Wildman–Crippen LogP) is 2.06. The van der Waals surface area contributed by atoms with Gasteiger partial charge in [0.15, 0.2) is 0 Å². The molecular formula is C22H25ClN4O4S. The van der Waals surface area contributed by atoms with E-state index in [0.717, 1.165) is 0 Å². The van der Waals surface area contributed by atoms with Crippen LogP contribution in [0.4, 0.5) is 0 Å². The van der Waals surface area contributed by atoms with Crippen molar-refractivity contribution in [1.82, 2.24) is 14.1 Å². The second-order valence-electron chi connectivity index (χ2n) is 7.43. The van der Waals surface area contributed by atoms with Crippen LogP contribution in [0.25, 0.3) is 0 Å². The maximum Gasteiger partial charge on any atom is 0.244 e. The molecule has 1 saturated heterocycles. The van der Waals surface area contributed by atoms with E-state index in [1.165, 1.54) is 16.4 Å². The zero-order valence-electron chi connectivity index (χ0n) is 17.8. The number of halogens is 1. The van der Waals surface area contributed by atoms with Gasteiger partial charge in [-0.25, -0.2) is 8.42 Å². The summed E-state index contributed by atoms with van der Waals surface area (Å²) in [4.78, 5) is 16.2. The molecule has 1 aliphatic heterocycles. The van der Waals surface area contributed by atoms with Gasteiger partial charge in [0.05, 0.1) is 17.0 Å². The fraction of sp³-hybridized carbons (Fsp3) is 0.364. The lowest BCUT2D eigenvalue weighted by Crippen LogP contribution is -2.52. The SMILES string of the molecule is CN(CCOc1ccc(Cl)cc1)CC(=O)N1CCN(S(=O)(=O)c2ccccc2C#N)CC1. The average Bonchev–Trinajstić information content (AvgIpc) is 2.80. The van der Waals surface area contributed by atoms with Crippen LogP contribution >= 0.6 is 11.6 Å². The number of likely N-dealkylation sites (N-methyl/N-ethyl adjacent to an activating group) is 1. The molecule has 1 fully saturated rings. The third-order valence-electron chi connectivity index (χ3n) is 5.18. The van der Waals surface area contributed by atoms with Crippen LogP contribution in [0.2, 0.25) is 5.02 Å². The van der Waals surface area contributed by atoms with E-state index < -0.39 is 10.0 Å². The Kier molecular flexibility index (Phi) is 8.10. The van der Waals surface area contributed by atoms with Crippen LogP contribution in [0.3, 0.4) is 0 Å².